The van der Waals surface area contributed by atoms with Crippen molar-refractivity contribution in [3.8, 4) is 17.2 Å². The quantitative estimate of drug-likeness (QED) is 0.267. The topological polar surface area (TPSA) is 114 Å². The van der Waals surface area contributed by atoms with Crippen LogP contribution < -0.4 is 23.8 Å². The lowest BCUT2D eigenvalue weighted by Crippen LogP contribution is -2.53. The van der Waals surface area contributed by atoms with Crippen molar-refractivity contribution in [3.05, 3.63) is 78.4 Å². The van der Waals surface area contributed by atoms with Gasteiger partial charge in [0.1, 0.15) is 18.3 Å². The molecule has 3 aromatic carbocycles. The highest BCUT2D eigenvalue weighted by Crippen LogP contribution is 2.34. The van der Waals surface area contributed by atoms with Crippen LogP contribution in [0.3, 0.4) is 0 Å². The summed E-state index contributed by atoms with van der Waals surface area (Å²) in [7, 11) is 0.252. The van der Waals surface area contributed by atoms with Gasteiger partial charge in [0.15, 0.2) is 11.5 Å². The Bertz CT molecular complexity index is 1480. The lowest BCUT2D eigenvalue weighted by atomic mass is 10.1. The number of carbonyl (C=O) groups is 2. The summed E-state index contributed by atoms with van der Waals surface area (Å²) in [5, 5.41) is 2.97. The Morgan fingerprint density at radius 1 is 0.837 bits per heavy atom. The van der Waals surface area contributed by atoms with Gasteiger partial charge in [-0.1, -0.05) is 44.2 Å². The van der Waals surface area contributed by atoms with Crippen LogP contribution in [0.15, 0.2) is 77.7 Å². The second-order valence-corrected chi connectivity index (χ2v) is 11.8. The van der Waals surface area contributed by atoms with E-state index < -0.39 is 28.5 Å². The summed E-state index contributed by atoms with van der Waals surface area (Å²) in [6.07, 6.45) is 1.04. The molecule has 0 radical (unpaired) electrons. The van der Waals surface area contributed by atoms with Gasteiger partial charge in [-0.2, -0.15) is 0 Å². The third kappa shape index (κ3) is 8.19. The van der Waals surface area contributed by atoms with E-state index in [-0.39, 0.29) is 29.1 Å². The highest BCUT2D eigenvalue weighted by Gasteiger charge is 2.34. The lowest BCUT2D eigenvalue weighted by molar-refractivity contribution is -0.140. The number of nitrogens with one attached hydrogen (secondary N) is 1. The van der Waals surface area contributed by atoms with E-state index in [1.165, 1.54) is 37.3 Å². The molecule has 3 aromatic rings. The molecule has 1 N–H and O–H groups in total. The van der Waals surface area contributed by atoms with Crippen molar-refractivity contribution < 1.29 is 32.2 Å². The Hall–Kier alpha value is -4.25. The second kappa shape index (κ2) is 15.3. The first-order valence-corrected chi connectivity index (χ1v) is 15.6. The van der Waals surface area contributed by atoms with Crippen LogP contribution in [0.4, 0.5) is 5.69 Å². The average Bonchev–Trinajstić information content (AvgIpc) is 3.03. The lowest BCUT2D eigenvalue weighted by Gasteiger charge is -2.34. The molecule has 0 aliphatic carbocycles. The minimum Gasteiger partial charge on any atom is -0.497 e. The van der Waals surface area contributed by atoms with Crippen molar-refractivity contribution in [2.75, 3.05) is 32.2 Å². The van der Waals surface area contributed by atoms with Crippen LogP contribution in [-0.4, -0.2) is 65.1 Å². The molecule has 0 bridgehead atoms. The van der Waals surface area contributed by atoms with E-state index in [0.717, 1.165) is 9.87 Å². The van der Waals surface area contributed by atoms with Crippen molar-refractivity contribution in [3.63, 3.8) is 0 Å². The first-order chi connectivity index (χ1) is 20.6. The average molecular weight is 612 g/mol. The number of hydrogen-bond donors (Lipinski definition) is 1. The summed E-state index contributed by atoms with van der Waals surface area (Å²) < 4.78 is 45.2. The number of nitrogens with zero attached hydrogens (tertiary/aromatic N) is 2. The monoisotopic (exact) mass is 611 g/mol. The summed E-state index contributed by atoms with van der Waals surface area (Å²) in [4.78, 5) is 29.1. The van der Waals surface area contributed by atoms with Gasteiger partial charge in [-0.05, 0) is 61.7 Å². The van der Waals surface area contributed by atoms with Gasteiger partial charge in [-0.15, -0.1) is 0 Å². The number of amides is 2. The van der Waals surface area contributed by atoms with E-state index in [2.05, 4.69) is 5.32 Å². The zero-order valence-corrected chi connectivity index (χ0v) is 26.4. The number of hydrogen-bond acceptors (Lipinski definition) is 7. The number of methoxy groups -OCH3 is 3. The predicted molar refractivity (Wildman–Crippen MR) is 166 cm³/mol. The maximum atomic E-state index is 14.3. The molecular formula is C32H41N3O7S. The molecule has 0 aliphatic heterocycles. The van der Waals surface area contributed by atoms with Crippen LogP contribution in [0.2, 0.25) is 0 Å². The van der Waals surface area contributed by atoms with Gasteiger partial charge in [0.2, 0.25) is 11.8 Å². The molecule has 232 valence electrons. The highest BCUT2D eigenvalue weighted by molar-refractivity contribution is 7.92. The van der Waals surface area contributed by atoms with Crippen LogP contribution in [0.5, 0.6) is 17.2 Å². The number of rotatable bonds is 15. The molecule has 0 fully saturated rings. The Morgan fingerprint density at radius 3 is 2.14 bits per heavy atom. The Kier molecular flexibility index (Phi) is 11.8. The van der Waals surface area contributed by atoms with Gasteiger partial charge >= 0.3 is 0 Å². The third-order valence-electron chi connectivity index (χ3n) is 7.14. The molecule has 0 aliphatic rings. The Morgan fingerprint density at radius 2 is 1.53 bits per heavy atom. The number of anilines is 1. The molecule has 10 nitrogen and oxygen atoms in total. The molecular weight excluding hydrogens is 570 g/mol. The first-order valence-electron chi connectivity index (χ1n) is 14.1. The van der Waals surface area contributed by atoms with Gasteiger partial charge in [0.05, 0.1) is 31.9 Å². The van der Waals surface area contributed by atoms with E-state index in [1.807, 2.05) is 26.8 Å². The molecule has 43 heavy (non-hydrogen) atoms. The summed E-state index contributed by atoms with van der Waals surface area (Å²) in [5.41, 5.74) is 0.930. The molecule has 3 rings (SSSR count). The molecule has 11 heteroatoms. The van der Waals surface area contributed by atoms with E-state index in [4.69, 9.17) is 14.2 Å². The van der Waals surface area contributed by atoms with Gasteiger partial charge in [-0.25, -0.2) is 8.42 Å². The largest absolute Gasteiger partial charge is 0.497 e. The molecule has 0 saturated carbocycles. The van der Waals surface area contributed by atoms with Crippen molar-refractivity contribution >= 4 is 27.5 Å². The number of ether oxygens (including phenoxy) is 3. The minimum absolute atomic E-state index is 0.0125. The molecule has 0 spiro atoms. The molecule has 2 amide bonds. The van der Waals surface area contributed by atoms with E-state index >= 15 is 0 Å². The summed E-state index contributed by atoms with van der Waals surface area (Å²) in [6.45, 7) is 5.17. The number of carbonyl (C=O) groups excluding carboxylic acids is 2. The van der Waals surface area contributed by atoms with Crippen LogP contribution in [-0.2, 0) is 26.2 Å². The second-order valence-electron chi connectivity index (χ2n) is 9.98. The zero-order chi connectivity index (χ0) is 31.6. The minimum atomic E-state index is -4.22. The fraction of sp³-hybridized carbons (Fsp3) is 0.375. The SMILES string of the molecule is CC[C@@H](C)NC(=O)[C@@H](CC)N(Cc1cccc(OC)c1)C(=O)CN(c1ccc(OC)c(OC)c1)S(=O)(=O)c1ccccc1. The summed E-state index contributed by atoms with van der Waals surface area (Å²) >= 11 is 0. The van der Waals surface area contributed by atoms with Crippen molar-refractivity contribution in [2.45, 2.75) is 57.1 Å². The molecule has 0 heterocycles. The van der Waals surface area contributed by atoms with Gasteiger partial charge in [-0.3, -0.25) is 13.9 Å². The van der Waals surface area contributed by atoms with Crippen molar-refractivity contribution in [1.29, 1.82) is 0 Å². The standard InChI is InChI=1S/C32H41N3O7S/c1-7-23(3)33-32(37)28(8-2)34(21-24-13-12-14-26(19-24)40-4)31(36)22-35(43(38,39)27-15-10-9-11-16-27)25-17-18-29(41-5)30(20-25)42-6/h9-20,23,28H,7-8,21-22H2,1-6H3,(H,33,37)/t23-,28-/m1/s1. The van der Waals surface area contributed by atoms with Crippen LogP contribution in [0.1, 0.15) is 39.2 Å². The fourth-order valence-electron chi connectivity index (χ4n) is 4.56. The fourth-order valence-corrected chi connectivity index (χ4v) is 5.98. The van der Waals surface area contributed by atoms with E-state index in [0.29, 0.717) is 30.1 Å². The molecule has 0 unspecified atom stereocenters. The van der Waals surface area contributed by atoms with E-state index in [9.17, 15) is 18.0 Å². The Labute approximate surface area is 254 Å². The smallest absolute Gasteiger partial charge is 0.264 e. The number of sulfonamides is 1. The maximum absolute atomic E-state index is 14.3. The van der Waals surface area contributed by atoms with Crippen LogP contribution >= 0.6 is 0 Å². The third-order valence-corrected chi connectivity index (χ3v) is 8.93. The Balaban J connectivity index is 2.11. The van der Waals surface area contributed by atoms with Crippen LogP contribution in [0, 0.1) is 0 Å². The normalized spacial score (nSPS) is 12.5. The van der Waals surface area contributed by atoms with Crippen molar-refractivity contribution in [1.82, 2.24) is 10.2 Å². The van der Waals surface area contributed by atoms with Crippen LogP contribution in [0.25, 0.3) is 0 Å². The number of benzene rings is 3. The molecule has 2 atom stereocenters. The van der Waals surface area contributed by atoms with Crippen molar-refractivity contribution in [2.24, 2.45) is 0 Å². The zero-order valence-electron chi connectivity index (χ0n) is 25.6. The molecule has 0 saturated heterocycles. The summed E-state index contributed by atoms with van der Waals surface area (Å²) in [6, 6.07) is 18.8. The first kappa shape index (κ1) is 33.3. The van der Waals surface area contributed by atoms with E-state index in [1.54, 1.807) is 55.6 Å². The highest BCUT2D eigenvalue weighted by atomic mass is 32.2. The van der Waals surface area contributed by atoms with Gasteiger partial charge in [0, 0.05) is 18.7 Å². The summed E-state index contributed by atoms with van der Waals surface area (Å²) in [5.74, 6) is 0.441. The maximum Gasteiger partial charge on any atom is 0.264 e. The predicted octanol–water partition coefficient (Wildman–Crippen LogP) is 4.63. The van der Waals surface area contributed by atoms with Gasteiger partial charge in [0.25, 0.3) is 10.0 Å². The van der Waals surface area contributed by atoms with Gasteiger partial charge < -0.3 is 24.4 Å². The molecule has 0 aromatic heterocycles.